The summed E-state index contributed by atoms with van der Waals surface area (Å²) >= 11 is 0. The Balaban J connectivity index is 2.64. The van der Waals surface area contributed by atoms with Crippen LogP contribution in [-0.4, -0.2) is 26.7 Å². The van der Waals surface area contributed by atoms with E-state index in [0.29, 0.717) is 11.0 Å². The Labute approximate surface area is 85.3 Å². The summed E-state index contributed by atoms with van der Waals surface area (Å²) in [5.41, 5.74) is 6.50. The first-order chi connectivity index (χ1) is 7.13. The molecule has 1 aromatic carbocycles. The Kier molecular flexibility index (Phi) is 2.28. The minimum absolute atomic E-state index is 0.0474. The second-order valence-corrected chi connectivity index (χ2v) is 3.43. The molecule has 0 saturated carbocycles. The molecule has 0 radical (unpaired) electrons. The van der Waals surface area contributed by atoms with E-state index in [1.807, 2.05) is 0 Å². The van der Waals surface area contributed by atoms with Crippen molar-refractivity contribution in [2.24, 2.45) is 0 Å². The molecule has 0 aliphatic rings. The molecule has 1 atom stereocenters. The van der Waals surface area contributed by atoms with Gasteiger partial charge in [-0.05, 0) is 13.0 Å². The third-order valence-electron chi connectivity index (χ3n) is 2.27. The fourth-order valence-electron chi connectivity index (χ4n) is 1.38. The molecule has 6 heteroatoms. The zero-order valence-corrected chi connectivity index (χ0v) is 8.18. The zero-order chi connectivity index (χ0) is 11.0. The van der Waals surface area contributed by atoms with E-state index in [4.69, 9.17) is 10.8 Å². The Bertz CT molecular complexity index is 496. The predicted molar refractivity (Wildman–Crippen MR) is 53.7 cm³/mol. The number of nitrogen functional groups attached to an aromatic ring is 1. The molecule has 0 amide bonds. The number of aliphatic hydroxyl groups is 1. The summed E-state index contributed by atoms with van der Waals surface area (Å²) in [5, 5.41) is 16.7. The van der Waals surface area contributed by atoms with Crippen molar-refractivity contribution < 1.29 is 9.50 Å². The van der Waals surface area contributed by atoms with Gasteiger partial charge in [0, 0.05) is 6.07 Å². The summed E-state index contributed by atoms with van der Waals surface area (Å²) in [5.74, 6) is -0.504. The lowest BCUT2D eigenvalue weighted by atomic mass is 10.2. The number of halogens is 1. The summed E-state index contributed by atoms with van der Waals surface area (Å²) in [6, 6.07) is 2.47. The van der Waals surface area contributed by atoms with Gasteiger partial charge < -0.3 is 10.8 Å². The van der Waals surface area contributed by atoms with Gasteiger partial charge in [-0.2, -0.15) is 0 Å². The highest BCUT2D eigenvalue weighted by atomic mass is 19.1. The van der Waals surface area contributed by atoms with Crippen molar-refractivity contribution in [2.75, 3.05) is 12.3 Å². The van der Waals surface area contributed by atoms with Crippen LogP contribution in [0.15, 0.2) is 12.1 Å². The molecule has 0 fully saturated rings. The molecule has 0 aliphatic heterocycles. The van der Waals surface area contributed by atoms with Crippen molar-refractivity contribution in [1.82, 2.24) is 15.0 Å². The average Bonchev–Trinajstić information content (AvgIpc) is 2.61. The molecule has 15 heavy (non-hydrogen) atoms. The lowest BCUT2D eigenvalue weighted by Crippen LogP contribution is -2.10. The molecule has 2 rings (SSSR count). The van der Waals surface area contributed by atoms with Gasteiger partial charge in [0.05, 0.1) is 23.9 Å². The molecule has 3 N–H and O–H groups in total. The van der Waals surface area contributed by atoms with Crippen molar-refractivity contribution in [1.29, 1.82) is 0 Å². The first-order valence-corrected chi connectivity index (χ1v) is 4.54. The van der Waals surface area contributed by atoms with Crippen LogP contribution in [0.1, 0.15) is 13.0 Å². The van der Waals surface area contributed by atoms with E-state index in [0.717, 1.165) is 0 Å². The number of fused-ring (bicyclic) bond motifs is 1. The molecule has 0 aliphatic carbocycles. The smallest absolute Gasteiger partial charge is 0.148 e. The fraction of sp³-hybridized carbons (Fsp3) is 0.333. The van der Waals surface area contributed by atoms with E-state index in [1.165, 1.54) is 16.8 Å². The fourth-order valence-corrected chi connectivity index (χ4v) is 1.38. The highest BCUT2D eigenvalue weighted by molar-refractivity contribution is 5.78. The Morgan fingerprint density at radius 2 is 2.33 bits per heavy atom. The van der Waals surface area contributed by atoms with Crippen LogP contribution in [-0.2, 0) is 0 Å². The summed E-state index contributed by atoms with van der Waals surface area (Å²) in [6.07, 6.45) is 0. The Morgan fingerprint density at radius 1 is 1.60 bits per heavy atom. The van der Waals surface area contributed by atoms with Gasteiger partial charge in [-0.15, -0.1) is 5.10 Å². The van der Waals surface area contributed by atoms with Crippen molar-refractivity contribution in [3.8, 4) is 0 Å². The first-order valence-electron chi connectivity index (χ1n) is 4.54. The van der Waals surface area contributed by atoms with Crippen LogP contribution in [0.4, 0.5) is 10.1 Å². The maximum Gasteiger partial charge on any atom is 0.148 e. The van der Waals surface area contributed by atoms with E-state index in [9.17, 15) is 4.39 Å². The second kappa shape index (κ2) is 3.47. The predicted octanol–water partition coefficient (Wildman–Crippen LogP) is 0.706. The van der Waals surface area contributed by atoms with Crippen LogP contribution in [0.3, 0.4) is 0 Å². The molecule has 0 saturated heterocycles. The SMILES string of the molecule is CC(CO)n1nnc2cc(N)c(F)cc21. The quantitative estimate of drug-likeness (QED) is 0.715. The second-order valence-electron chi connectivity index (χ2n) is 3.43. The molecule has 1 unspecified atom stereocenters. The normalized spacial score (nSPS) is 13.3. The molecule has 0 bridgehead atoms. The highest BCUT2D eigenvalue weighted by Crippen LogP contribution is 2.20. The number of nitrogens with two attached hydrogens (primary N) is 1. The number of aromatic nitrogens is 3. The van der Waals surface area contributed by atoms with Crippen molar-refractivity contribution in [3.63, 3.8) is 0 Å². The minimum Gasteiger partial charge on any atom is -0.396 e. The summed E-state index contributed by atoms with van der Waals surface area (Å²) in [4.78, 5) is 0. The van der Waals surface area contributed by atoms with Gasteiger partial charge in [0.2, 0.25) is 0 Å². The van der Waals surface area contributed by atoms with Crippen LogP contribution in [0.25, 0.3) is 11.0 Å². The Hall–Kier alpha value is -1.69. The lowest BCUT2D eigenvalue weighted by molar-refractivity contribution is 0.231. The molecule has 1 aromatic heterocycles. The number of hydrogen-bond acceptors (Lipinski definition) is 4. The minimum atomic E-state index is -0.504. The Morgan fingerprint density at radius 3 is 3.00 bits per heavy atom. The zero-order valence-electron chi connectivity index (χ0n) is 8.18. The third kappa shape index (κ3) is 1.52. The van der Waals surface area contributed by atoms with Gasteiger partial charge in [0.1, 0.15) is 11.3 Å². The topological polar surface area (TPSA) is 77.0 Å². The lowest BCUT2D eigenvalue weighted by Gasteiger charge is -2.08. The summed E-state index contributed by atoms with van der Waals surface area (Å²) in [7, 11) is 0. The van der Waals surface area contributed by atoms with Crippen LogP contribution in [0.2, 0.25) is 0 Å². The van der Waals surface area contributed by atoms with Gasteiger partial charge in [-0.1, -0.05) is 5.21 Å². The van der Waals surface area contributed by atoms with Gasteiger partial charge >= 0.3 is 0 Å². The van der Waals surface area contributed by atoms with Crippen LogP contribution in [0.5, 0.6) is 0 Å². The average molecular weight is 210 g/mol. The van der Waals surface area contributed by atoms with E-state index >= 15 is 0 Å². The summed E-state index contributed by atoms with van der Waals surface area (Å²) in [6.45, 7) is 1.69. The van der Waals surface area contributed by atoms with E-state index < -0.39 is 5.82 Å². The monoisotopic (exact) mass is 210 g/mol. The number of benzene rings is 1. The number of anilines is 1. The molecule has 1 heterocycles. The van der Waals surface area contributed by atoms with E-state index in [2.05, 4.69) is 10.3 Å². The van der Waals surface area contributed by atoms with Crippen molar-refractivity contribution >= 4 is 16.7 Å². The van der Waals surface area contributed by atoms with Crippen LogP contribution >= 0.6 is 0 Å². The standard InChI is InChI=1S/C9H11FN4O/c1-5(4-15)14-9-2-6(10)7(11)3-8(9)12-13-14/h2-3,5,15H,4,11H2,1H3. The number of nitrogens with zero attached hydrogens (tertiary/aromatic N) is 3. The molecule has 80 valence electrons. The molecule has 5 nitrogen and oxygen atoms in total. The van der Waals surface area contributed by atoms with Crippen LogP contribution < -0.4 is 5.73 Å². The maximum absolute atomic E-state index is 13.2. The van der Waals surface area contributed by atoms with Gasteiger partial charge in [0.25, 0.3) is 0 Å². The van der Waals surface area contributed by atoms with Gasteiger partial charge in [-0.3, -0.25) is 0 Å². The summed E-state index contributed by atoms with van der Waals surface area (Å²) < 4.78 is 14.7. The first kappa shape index (κ1) is 9.85. The number of hydrogen-bond donors (Lipinski definition) is 2. The number of aliphatic hydroxyl groups excluding tert-OH is 1. The van der Waals surface area contributed by atoms with Crippen molar-refractivity contribution in [2.45, 2.75) is 13.0 Å². The van der Waals surface area contributed by atoms with E-state index in [1.54, 1.807) is 6.92 Å². The van der Waals surface area contributed by atoms with E-state index in [-0.39, 0.29) is 18.3 Å². The molecular formula is C9H11FN4O. The third-order valence-corrected chi connectivity index (χ3v) is 2.27. The van der Waals surface area contributed by atoms with Crippen LogP contribution in [0, 0.1) is 5.82 Å². The van der Waals surface area contributed by atoms with Crippen molar-refractivity contribution in [3.05, 3.63) is 17.9 Å². The highest BCUT2D eigenvalue weighted by Gasteiger charge is 2.12. The molecule has 0 spiro atoms. The molecular weight excluding hydrogens is 199 g/mol. The largest absolute Gasteiger partial charge is 0.396 e. The van der Waals surface area contributed by atoms with Gasteiger partial charge in [-0.25, -0.2) is 9.07 Å². The number of rotatable bonds is 2. The molecule has 2 aromatic rings. The maximum atomic E-state index is 13.2. The van der Waals surface area contributed by atoms with Gasteiger partial charge in [0.15, 0.2) is 0 Å².